The maximum atomic E-state index is 3.96. The van der Waals surface area contributed by atoms with Gasteiger partial charge in [0.15, 0.2) is 0 Å². The van der Waals surface area contributed by atoms with Gasteiger partial charge in [0.25, 0.3) is 0 Å². The van der Waals surface area contributed by atoms with E-state index in [1.807, 2.05) is 20.8 Å². The van der Waals surface area contributed by atoms with Crippen LogP contribution < -0.4 is 0 Å². The Morgan fingerprint density at radius 1 is 1.04 bits per heavy atom. The first-order valence-corrected chi connectivity index (χ1v) is 10.8. The van der Waals surface area contributed by atoms with Gasteiger partial charge in [-0.1, -0.05) is 95.7 Å². The predicted molar refractivity (Wildman–Crippen MR) is 124 cm³/mol. The van der Waals surface area contributed by atoms with Gasteiger partial charge in [-0.2, -0.15) is 0 Å². The van der Waals surface area contributed by atoms with Crippen molar-refractivity contribution >= 4 is 0 Å². The lowest BCUT2D eigenvalue weighted by atomic mass is 9.63. The minimum absolute atomic E-state index is 0. The number of fused-ring (bicyclic) bond motifs is 1. The van der Waals surface area contributed by atoms with Gasteiger partial charge in [0.05, 0.1) is 0 Å². The quantitative estimate of drug-likeness (QED) is 0.468. The van der Waals surface area contributed by atoms with Gasteiger partial charge in [-0.05, 0) is 72.5 Å². The number of hydrogen-bond donors (Lipinski definition) is 0. The molecular weight excluding hydrogens is 324 g/mol. The van der Waals surface area contributed by atoms with E-state index in [2.05, 4.69) is 77.6 Å². The van der Waals surface area contributed by atoms with Crippen molar-refractivity contribution in [3.63, 3.8) is 0 Å². The first-order chi connectivity index (χ1) is 12.6. The molecule has 3 rings (SSSR count). The van der Waals surface area contributed by atoms with Crippen LogP contribution in [-0.2, 0) is 10.8 Å². The molecule has 0 saturated heterocycles. The highest BCUT2D eigenvalue weighted by Gasteiger charge is 2.40. The van der Waals surface area contributed by atoms with Crippen molar-refractivity contribution in [3.8, 4) is 0 Å². The SMILES string of the molecule is C=C(C)/C=C(C)/C=C/C1CC1c1ccc2c(c1)C(C)(C)CCC2(C)C.CC.[HH]. The Labute approximate surface area is 170 Å². The van der Waals surface area contributed by atoms with E-state index < -0.39 is 0 Å². The molecule has 0 N–H and O–H groups in total. The van der Waals surface area contributed by atoms with Gasteiger partial charge in [-0.3, -0.25) is 0 Å². The summed E-state index contributed by atoms with van der Waals surface area (Å²) in [4.78, 5) is 0. The topological polar surface area (TPSA) is 0 Å². The number of hydrogen-bond acceptors (Lipinski definition) is 0. The Morgan fingerprint density at radius 3 is 2.22 bits per heavy atom. The minimum Gasteiger partial charge on any atom is -0.0961 e. The Morgan fingerprint density at radius 2 is 1.63 bits per heavy atom. The molecule has 1 aromatic rings. The molecule has 2 atom stereocenters. The van der Waals surface area contributed by atoms with Crippen LogP contribution in [0.2, 0.25) is 0 Å². The fourth-order valence-electron chi connectivity index (χ4n) is 4.36. The molecule has 1 fully saturated rings. The molecule has 2 unspecified atom stereocenters. The van der Waals surface area contributed by atoms with E-state index in [1.165, 1.54) is 24.8 Å². The predicted octanol–water partition coefficient (Wildman–Crippen LogP) is 8.49. The first kappa shape index (κ1) is 21.7. The fourth-order valence-corrected chi connectivity index (χ4v) is 4.36. The number of benzene rings is 1. The van der Waals surface area contributed by atoms with Crippen LogP contribution in [0, 0.1) is 5.92 Å². The molecule has 0 amide bonds. The van der Waals surface area contributed by atoms with Crippen molar-refractivity contribution in [2.75, 3.05) is 0 Å². The molecule has 150 valence electrons. The van der Waals surface area contributed by atoms with Crippen LogP contribution >= 0.6 is 0 Å². The lowest BCUT2D eigenvalue weighted by Gasteiger charge is -2.42. The smallest absolute Gasteiger partial charge is 0 e. The van der Waals surface area contributed by atoms with Crippen molar-refractivity contribution < 1.29 is 1.43 Å². The molecule has 0 heterocycles. The van der Waals surface area contributed by atoms with E-state index in [0.717, 1.165) is 5.57 Å². The Kier molecular flexibility index (Phi) is 6.61. The maximum absolute atomic E-state index is 3.96. The van der Waals surface area contributed by atoms with Gasteiger partial charge in [0, 0.05) is 1.43 Å². The second-order valence-electron chi connectivity index (χ2n) is 9.67. The van der Waals surface area contributed by atoms with Crippen molar-refractivity contribution in [1.29, 1.82) is 0 Å². The molecule has 0 heteroatoms. The minimum atomic E-state index is 0. The second kappa shape index (κ2) is 8.21. The van der Waals surface area contributed by atoms with Crippen LogP contribution in [0.15, 0.2) is 54.2 Å². The highest BCUT2D eigenvalue weighted by molar-refractivity contribution is 5.46. The Hall–Kier alpha value is -1.56. The average Bonchev–Trinajstić information content (AvgIpc) is 3.38. The van der Waals surface area contributed by atoms with Gasteiger partial charge >= 0.3 is 0 Å². The Bertz CT molecular complexity index is 746. The molecule has 1 aromatic carbocycles. The van der Waals surface area contributed by atoms with E-state index >= 15 is 0 Å². The summed E-state index contributed by atoms with van der Waals surface area (Å²) in [5.74, 6) is 1.41. The molecule has 0 radical (unpaired) electrons. The zero-order valence-electron chi connectivity index (χ0n) is 18.9. The first-order valence-electron chi connectivity index (χ1n) is 10.8. The van der Waals surface area contributed by atoms with E-state index in [1.54, 1.807) is 16.7 Å². The van der Waals surface area contributed by atoms with Crippen LogP contribution in [0.4, 0.5) is 0 Å². The monoisotopic (exact) mass is 366 g/mol. The van der Waals surface area contributed by atoms with Gasteiger partial charge in [-0.15, -0.1) is 0 Å². The van der Waals surface area contributed by atoms with Crippen LogP contribution in [0.1, 0.15) is 98.7 Å². The molecule has 0 spiro atoms. The van der Waals surface area contributed by atoms with E-state index in [-0.39, 0.29) is 1.43 Å². The molecule has 2 aliphatic carbocycles. The summed E-state index contributed by atoms with van der Waals surface area (Å²) in [5, 5.41) is 0. The van der Waals surface area contributed by atoms with Crippen molar-refractivity contribution in [2.24, 2.45) is 5.92 Å². The standard InChI is InChI=1S/C25H34.C2H6.H2/c1-17(2)14-18(3)8-9-19-15-21(19)20-10-11-22-23(16-20)25(6,7)13-12-24(22,4)5;1-2;/h8-11,14,16,19,21H,1,12-13,15H2,2-7H3;1-2H3;1H/b9-8+,18-14+;;. The molecule has 0 aromatic heterocycles. The molecular formula is C27H42. The molecule has 2 aliphatic rings. The normalized spacial score (nSPS) is 25.4. The van der Waals surface area contributed by atoms with Gasteiger partial charge < -0.3 is 0 Å². The lowest BCUT2D eigenvalue weighted by Crippen LogP contribution is -2.33. The lowest BCUT2D eigenvalue weighted by molar-refractivity contribution is 0.331. The molecule has 1 saturated carbocycles. The average molecular weight is 367 g/mol. The summed E-state index contributed by atoms with van der Waals surface area (Å²) >= 11 is 0. The highest BCUT2D eigenvalue weighted by Crippen LogP contribution is 2.52. The molecule has 0 nitrogen and oxygen atoms in total. The third-order valence-corrected chi connectivity index (χ3v) is 6.23. The Balaban J connectivity index is 0.00000127. The number of rotatable bonds is 4. The van der Waals surface area contributed by atoms with Crippen molar-refractivity contribution in [3.05, 3.63) is 70.8 Å². The summed E-state index contributed by atoms with van der Waals surface area (Å²) in [6.07, 6.45) is 10.7. The third-order valence-electron chi connectivity index (χ3n) is 6.23. The zero-order chi connectivity index (χ0) is 20.4. The molecule has 0 aliphatic heterocycles. The van der Waals surface area contributed by atoms with E-state index in [9.17, 15) is 0 Å². The second-order valence-corrected chi connectivity index (χ2v) is 9.67. The van der Waals surface area contributed by atoms with Crippen LogP contribution in [-0.4, -0.2) is 0 Å². The van der Waals surface area contributed by atoms with Crippen LogP contribution in [0.5, 0.6) is 0 Å². The van der Waals surface area contributed by atoms with Crippen LogP contribution in [0.25, 0.3) is 0 Å². The van der Waals surface area contributed by atoms with Gasteiger partial charge in [0.2, 0.25) is 0 Å². The van der Waals surface area contributed by atoms with Gasteiger partial charge in [-0.25, -0.2) is 0 Å². The van der Waals surface area contributed by atoms with E-state index in [0.29, 0.717) is 22.7 Å². The van der Waals surface area contributed by atoms with Crippen molar-refractivity contribution in [2.45, 2.75) is 91.4 Å². The molecule has 27 heavy (non-hydrogen) atoms. The zero-order valence-corrected chi connectivity index (χ0v) is 18.9. The number of allylic oxidation sites excluding steroid dienone is 5. The summed E-state index contributed by atoms with van der Waals surface area (Å²) in [7, 11) is 0. The maximum Gasteiger partial charge on any atom is 0 e. The summed E-state index contributed by atoms with van der Waals surface area (Å²) in [6.45, 7) is 21.8. The van der Waals surface area contributed by atoms with Crippen molar-refractivity contribution in [1.82, 2.24) is 0 Å². The molecule has 0 bridgehead atoms. The third kappa shape index (κ3) is 5.03. The summed E-state index contributed by atoms with van der Waals surface area (Å²) < 4.78 is 0. The summed E-state index contributed by atoms with van der Waals surface area (Å²) in [6, 6.07) is 7.36. The van der Waals surface area contributed by atoms with E-state index in [4.69, 9.17) is 0 Å². The van der Waals surface area contributed by atoms with Crippen LogP contribution in [0.3, 0.4) is 0 Å². The van der Waals surface area contributed by atoms with Gasteiger partial charge in [0.1, 0.15) is 0 Å². The highest BCUT2D eigenvalue weighted by atomic mass is 14.4. The fraction of sp³-hybridized carbons (Fsp3) is 0.556. The largest absolute Gasteiger partial charge is 0.0961 e. The summed E-state index contributed by atoms with van der Waals surface area (Å²) in [5.41, 5.74) is 7.74.